The predicted octanol–water partition coefficient (Wildman–Crippen LogP) is 5.32. The summed E-state index contributed by atoms with van der Waals surface area (Å²) in [6.45, 7) is 8.70. The van der Waals surface area contributed by atoms with Crippen molar-refractivity contribution >= 4 is 23.3 Å². The van der Waals surface area contributed by atoms with Crippen molar-refractivity contribution in [2.75, 3.05) is 19.0 Å². The third-order valence-electron chi connectivity index (χ3n) is 4.48. The molecule has 0 aliphatic rings. The van der Waals surface area contributed by atoms with E-state index in [-0.39, 0.29) is 11.4 Å². The van der Waals surface area contributed by atoms with Gasteiger partial charge < -0.3 is 15.4 Å². The minimum atomic E-state index is -0.668. The van der Waals surface area contributed by atoms with Crippen LogP contribution in [0.4, 0.5) is 10.5 Å². The van der Waals surface area contributed by atoms with E-state index >= 15 is 0 Å². The van der Waals surface area contributed by atoms with Crippen molar-refractivity contribution in [2.24, 2.45) is 0 Å². The molecule has 0 aromatic heterocycles. The molecule has 0 saturated carbocycles. The molecule has 2 N–H and O–H groups in total. The number of carbonyl (C=O) groups excluding carboxylic acids is 1. The average molecular weight is 375 g/mol. The van der Waals surface area contributed by atoms with Gasteiger partial charge in [0, 0.05) is 17.8 Å². The number of nitrogens with one attached hydrogen (secondary N) is 2. The number of rotatable bonds is 5. The fraction of sp³-hybridized carbons (Fsp3) is 0.381. The third kappa shape index (κ3) is 5.23. The van der Waals surface area contributed by atoms with Gasteiger partial charge in [-0.15, -0.1) is 0 Å². The maximum absolute atomic E-state index is 12.3. The minimum Gasteiger partial charge on any atom is -0.372 e. The quantitative estimate of drug-likeness (QED) is 0.744. The van der Waals surface area contributed by atoms with Crippen LogP contribution < -0.4 is 10.6 Å². The van der Waals surface area contributed by atoms with Crippen molar-refractivity contribution in [3.05, 3.63) is 64.7 Å². The standard InChI is InChI=1S/C21H27ClN2O2/c1-20(2,3)15-9-11-18(12-10-15)24-19(25)23-14-21(4,26-5)16-7-6-8-17(22)13-16/h6-13H,14H2,1-5H3,(H2,23,24,25). The van der Waals surface area contributed by atoms with E-state index in [0.29, 0.717) is 11.6 Å². The van der Waals surface area contributed by atoms with Crippen LogP contribution in [0, 0.1) is 0 Å². The van der Waals surface area contributed by atoms with Crippen molar-refractivity contribution in [1.29, 1.82) is 0 Å². The Bertz CT molecular complexity index is 753. The van der Waals surface area contributed by atoms with Crippen molar-refractivity contribution in [2.45, 2.75) is 38.7 Å². The number of hydrogen-bond acceptors (Lipinski definition) is 2. The Balaban J connectivity index is 1.99. The molecule has 0 bridgehead atoms. The predicted molar refractivity (Wildman–Crippen MR) is 108 cm³/mol. The molecule has 0 aliphatic heterocycles. The second-order valence-electron chi connectivity index (χ2n) is 7.58. The van der Waals surface area contributed by atoms with E-state index in [1.165, 1.54) is 5.56 Å². The van der Waals surface area contributed by atoms with Crippen LogP contribution in [-0.4, -0.2) is 19.7 Å². The Morgan fingerprint density at radius 1 is 1.04 bits per heavy atom. The summed E-state index contributed by atoms with van der Waals surface area (Å²) in [5.74, 6) is 0. The number of amides is 2. The van der Waals surface area contributed by atoms with Crippen molar-refractivity contribution in [3.8, 4) is 0 Å². The summed E-state index contributed by atoms with van der Waals surface area (Å²) >= 11 is 6.07. The first kappa shape index (κ1) is 20.3. The number of urea groups is 1. The summed E-state index contributed by atoms with van der Waals surface area (Å²) in [5.41, 5.74) is 2.28. The van der Waals surface area contributed by atoms with E-state index in [1.807, 2.05) is 55.5 Å². The second-order valence-corrected chi connectivity index (χ2v) is 8.02. The molecule has 0 saturated heterocycles. The Hall–Kier alpha value is -2.04. The van der Waals surface area contributed by atoms with Crippen LogP contribution in [0.25, 0.3) is 0 Å². The first-order chi connectivity index (χ1) is 12.1. The van der Waals surface area contributed by atoms with Crippen LogP contribution in [-0.2, 0) is 15.8 Å². The summed E-state index contributed by atoms with van der Waals surface area (Å²) in [4.78, 5) is 12.3. The highest BCUT2D eigenvalue weighted by molar-refractivity contribution is 6.30. The van der Waals surface area contributed by atoms with Gasteiger partial charge in [-0.25, -0.2) is 4.79 Å². The van der Waals surface area contributed by atoms with Gasteiger partial charge in [0.1, 0.15) is 5.60 Å². The van der Waals surface area contributed by atoms with E-state index in [1.54, 1.807) is 7.11 Å². The largest absolute Gasteiger partial charge is 0.372 e. The van der Waals surface area contributed by atoms with Crippen molar-refractivity contribution < 1.29 is 9.53 Å². The Morgan fingerprint density at radius 3 is 2.23 bits per heavy atom. The molecule has 0 heterocycles. The second kappa shape index (κ2) is 8.11. The number of carbonyl (C=O) groups is 1. The molecule has 2 amide bonds. The normalized spacial score (nSPS) is 13.8. The molecule has 0 radical (unpaired) electrons. The van der Waals surface area contributed by atoms with E-state index in [4.69, 9.17) is 16.3 Å². The Labute approximate surface area is 160 Å². The number of halogens is 1. The smallest absolute Gasteiger partial charge is 0.319 e. The average Bonchev–Trinajstić information content (AvgIpc) is 2.59. The first-order valence-corrected chi connectivity index (χ1v) is 8.98. The Kier molecular flexibility index (Phi) is 6.32. The monoisotopic (exact) mass is 374 g/mol. The van der Waals surface area contributed by atoms with E-state index in [0.717, 1.165) is 11.3 Å². The van der Waals surface area contributed by atoms with E-state index in [2.05, 4.69) is 31.4 Å². The molecule has 4 nitrogen and oxygen atoms in total. The van der Waals surface area contributed by atoms with Crippen LogP contribution >= 0.6 is 11.6 Å². The molecule has 1 atom stereocenters. The summed E-state index contributed by atoms with van der Waals surface area (Å²) in [5, 5.41) is 6.35. The first-order valence-electron chi connectivity index (χ1n) is 8.61. The molecule has 2 rings (SSSR count). The number of benzene rings is 2. The van der Waals surface area contributed by atoms with Gasteiger partial charge in [0.05, 0.1) is 6.54 Å². The van der Waals surface area contributed by atoms with Crippen molar-refractivity contribution in [3.63, 3.8) is 0 Å². The zero-order chi connectivity index (χ0) is 19.4. The number of anilines is 1. The van der Waals surface area contributed by atoms with Crippen LogP contribution in [0.3, 0.4) is 0 Å². The lowest BCUT2D eigenvalue weighted by molar-refractivity contribution is 0.00521. The van der Waals surface area contributed by atoms with Gasteiger partial charge >= 0.3 is 6.03 Å². The van der Waals surface area contributed by atoms with Crippen LogP contribution in [0.15, 0.2) is 48.5 Å². The molecular formula is C21H27ClN2O2. The molecule has 0 aliphatic carbocycles. The summed E-state index contributed by atoms with van der Waals surface area (Å²) < 4.78 is 5.63. The molecule has 140 valence electrons. The maximum atomic E-state index is 12.3. The van der Waals surface area contributed by atoms with Gasteiger partial charge in [-0.1, -0.05) is 56.6 Å². The van der Waals surface area contributed by atoms with Gasteiger partial charge in [0.2, 0.25) is 0 Å². The minimum absolute atomic E-state index is 0.0814. The highest BCUT2D eigenvalue weighted by Gasteiger charge is 2.27. The highest BCUT2D eigenvalue weighted by Crippen LogP contribution is 2.26. The maximum Gasteiger partial charge on any atom is 0.319 e. The Morgan fingerprint density at radius 2 is 1.69 bits per heavy atom. The lowest BCUT2D eigenvalue weighted by atomic mass is 9.87. The molecule has 1 unspecified atom stereocenters. The van der Waals surface area contributed by atoms with E-state index < -0.39 is 5.60 Å². The molecule has 0 fully saturated rings. The van der Waals surface area contributed by atoms with Gasteiger partial charge in [-0.3, -0.25) is 0 Å². The topological polar surface area (TPSA) is 50.4 Å². The summed E-state index contributed by atoms with van der Waals surface area (Å²) in [6, 6.07) is 15.0. The lowest BCUT2D eigenvalue weighted by Crippen LogP contribution is -2.41. The summed E-state index contributed by atoms with van der Waals surface area (Å²) in [6.07, 6.45) is 0. The van der Waals surface area contributed by atoms with Gasteiger partial charge in [-0.05, 0) is 47.7 Å². The molecular weight excluding hydrogens is 348 g/mol. The molecule has 5 heteroatoms. The summed E-state index contributed by atoms with van der Waals surface area (Å²) in [7, 11) is 1.62. The van der Waals surface area contributed by atoms with Crippen LogP contribution in [0.5, 0.6) is 0 Å². The zero-order valence-corrected chi connectivity index (χ0v) is 16.8. The molecule has 26 heavy (non-hydrogen) atoms. The SMILES string of the molecule is COC(C)(CNC(=O)Nc1ccc(C(C)(C)C)cc1)c1cccc(Cl)c1. The number of hydrogen-bond donors (Lipinski definition) is 2. The van der Waals surface area contributed by atoms with Gasteiger partial charge in [-0.2, -0.15) is 0 Å². The van der Waals surface area contributed by atoms with E-state index in [9.17, 15) is 4.79 Å². The van der Waals surface area contributed by atoms with Crippen molar-refractivity contribution in [1.82, 2.24) is 5.32 Å². The highest BCUT2D eigenvalue weighted by atomic mass is 35.5. The third-order valence-corrected chi connectivity index (χ3v) is 4.72. The fourth-order valence-corrected chi connectivity index (χ4v) is 2.78. The van der Waals surface area contributed by atoms with Crippen LogP contribution in [0.2, 0.25) is 5.02 Å². The zero-order valence-electron chi connectivity index (χ0n) is 16.0. The fourth-order valence-electron chi connectivity index (χ4n) is 2.59. The molecule has 0 spiro atoms. The molecule has 2 aromatic rings. The number of ether oxygens (including phenoxy) is 1. The van der Waals surface area contributed by atoms with Gasteiger partial charge in [0.15, 0.2) is 0 Å². The lowest BCUT2D eigenvalue weighted by Gasteiger charge is -2.29. The molecule has 2 aromatic carbocycles. The van der Waals surface area contributed by atoms with Crippen LogP contribution in [0.1, 0.15) is 38.8 Å². The number of methoxy groups -OCH3 is 1. The van der Waals surface area contributed by atoms with Gasteiger partial charge in [0.25, 0.3) is 0 Å².